The number of fused-ring (bicyclic) bond motifs is 4. The number of esters is 1. The molecule has 6 aliphatic rings. The third kappa shape index (κ3) is 2.16. The highest BCUT2D eigenvalue weighted by molar-refractivity contribution is 5.86. The molecule has 1 aliphatic heterocycles. The van der Waals surface area contributed by atoms with E-state index in [0.29, 0.717) is 11.8 Å². The van der Waals surface area contributed by atoms with Crippen LogP contribution in [-0.4, -0.2) is 28.6 Å². The van der Waals surface area contributed by atoms with Crippen molar-refractivity contribution in [2.75, 3.05) is 0 Å². The van der Waals surface area contributed by atoms with Crippen LogP contribution in [0.5, 0.6) is 0 Å². The average Bonchev–Trinajstić information content (AvgIpc) is 2.96. The van der Waals surface area contributed by atoms with Gasteiger partial charge in [0.1, 0.15) is 11.4 Å². The zero-order chi connectivity index (χ0) is 24.7. The summed E-state index contributed by atoms with van der Waals surface area (Å²) < 4.78 is 6.66. The van der Waals surface area contributed by atoms with Crippen molar-refractivity contribution in [2.24, 2.45) is 56.7 Å². The van der Waals surface area contributed by atoms with Crippen LogP contribution in [0.4, 0.5) is 0 Å². The Morgan fingerprint density at radius 3 is 2.38 bits per heavy atom. The zero-order valence-electron chi connectivity index (χ0n) is 22.2. The molecule has 5 aliphatic carbocycles. The highest BCUT2D eigenvalue weighted by Crippen LogP contribution is 2.79. The van der Waals surface area contributed by atoms with Crippen LogP contribution in [0.1, 0.15) is 93.4 Å². The molecule has 11 atom stereocenters. The van der Waals surface area contributed by atoms with Gasteiger partial charge >= 0.3 is 5.97 Å². The molecule has 1 saturated heterocycles. The van der Waals surface area contributed by atoms with Crippen molar-refractivity contribution in [1.29, 1.82) is 0 Å². The minimum Gasteiger partial charge on any atom is -0.453 e. The molecule has 0 unspecified atom stereocenters. The second-order valence-corrected chi connectivity index (χ2v) is 14.6. The molecule has 6 rings (SSSR count). The topological polar surface area (TPSA) is 63.6 Å². The molecule has 0 aromatic heterocycles. The van der Waals surface area contributed by atoms with E-state index in [-0.39, 0.29) is 57.6 Å². The standard InChI is InChI=1S/C30H44O4/c1-17-8-12-29-15-14-27(6)26(5)11-9-19-25(3,4)21(31)16-22(32)28(19,7)20(26)10-13-30(27,34-24(29)33)23(29)18(17)2/h10,13,17-20,22-23,32H,8-9,11-12,14-16H2,1-7H3/t17-,18+,19+,20+,22-,23-,26-,27+,28+,29+,30+/m1/s1. The Morgan fingerprint density at radius 2 is 1.68 bits per heavy atom. The largest absolute Gasteiger partial charge is 0.453 e. The molecule has 0 radical (unpaired) electrons. The zero-order valence-corrected chi connectivity index (χ0v) is 22.2. The molecule has 4 saturated carbocycles. The fraction of sp³-hybridized carbons (Fsp3) is 0.867. The van der Waals surface area contributed by atoms with E-state index in [9.17, 15) is 14.7 Å². The highest BCUT2D eigenvalue weighted by atomic mass is 16.6. The predicted molar refractivity (Wildman–Crippen MR) is 131 cm³/mol. The molecule has 0 aromatic rings. The van der Waals surface area contributed by atoms with E-state index in [1.807, 2.05) is 0 Å². The number of allylic oxidation sites excluding steroid dienone is 1. The normalized spacial score (nSPS) is 59.4. The van der Waals surface area contributed by atoms with Crippen LogP contribution < -0.4 is 0 Å². The third-order valence-corrected chi connectivity index (χ3v) is 13.7. The summed E-state index contributed by atoms with van der Waals surface area (Å²) in [4.78, 5) is 26.6. The fourth-order valence-electron chi connectivity index (χ4n) is 11.2. The van der Waals surface area contributed by atoms with Gasteiger partial charge in [-0.2, -0.15) is 0 Å². The van der Waals surface area contributed by atoms with Crippen molar-refractivity contribution in [2.45, 2.75) is 105 Å². The Balaban J connectivity index is 1.54. The van der Waals surface area contributed by atoms with E-state index in [1.165, 1.54) is 0 Å². The van der Waals surface area contributed by atoms with E-state index < -0.39 is 17.1 Å². The van der Waals surface area contributed by atoms with Crippen molar-refractivity contribution in [1.82, 2.24) is 0 Å². The minimum atomic E-state index is -0.632. The lowest BCUT2D eigenvalue weighted by Gasteiger charge is -2.72. The van der Waals surface area contributed by atoms with Gasteiger partial charge in [-0.3, -0.25) is 9.59 Å². The number of carbonyl (C=O) groups is 2. The number of aliphatic hydroxyl groups is 1. The first kappa shape index (κ1) is 23.3. The first-order chi connectivity index (χ1) is 15.7. The van der Waals surface area contributed by atoms with E-state index in [1.54, 1.807) is 0 Å². The number of ketones is 1. The summed E-state index contributed by atoms with van der Waals surface area (Å²) in [7, 11) is 0. The maximum atomic E-state index is 13.7. The lowest BCUT2D eigenvalue weighted by molar-refractivity contribution is -0.250. The smallest absolute Gasteiger partial charge is 0.313 e. The van der Waals surface area contributed by atoms with Gasteiger partial charge in [0.2, 0.25) is 0 Å². The van der Waals surface area contributed by atoms with Crippen LogP contribution in [0.2, 0.25) is 0 Å². The molecule has 4 nitrogen and oxygen atoms in total. The van der Waals surface area contributed by atoms with Crippen LogP contribution in [0.15, 0.2) is 12.2 Å². The number of hydrogen-bond donors (Lipinski definition) is 1. The molecule has 5 fully saturated rings. The van der Waals surface area contributed by atoms with Gasteiger partial charge in [0.05, 0.1) is 11.5 Å². The second kappa shape index (κ2) is 6.39. The first-order valence-electron chi connectivity index (χ1n) is 13.9. The molecule has 34 heavy (non-hydrogen) atoms. The van der Waals surface area contributed by atoms with Crippen LogP contribution >= 0.6 is 0 Å². The quantitative estimate of drug-likeness (QED) is 0.365. The number of aliphatic hydroxyl groups excluding tert-OH is 1. The molecular weight excluding hydrogens is 424 g/mol. The molecule has 4 heteroatoms. The molecule has 1 spiro atoms. The maximum absolute atomic E-state index is 13.7. The monoisotopic (exact) mass is 468 g/mol. The van der Waals surface area contributed by atoms with Crippen LogP contribution in [-0.2, 0) is 14.3 Å². The summed E-state index contributed by atoms with van der Waals surface area (Å²) in [6.07, 6.45) is 10.2. The SMILES string of the molecule is C[C@H]1[C@H](C)CC[C@@]23CC[C@]4(C)[C@@](C=C[C@@H]5[C@@]6(C)[C@H](O)CC(=O)C(C)(C)[C@@H]6CC[C@]54C)(OC2=O)[C@H]13. The van der Waals surface area contributed by atoms with Crippen LogP contribution in [0.25, 0.3) is 0 Å². The van der Waals surface area contributed by atoms with E-state index in [0.717, 1.165) is 38.5 Å². The van der Waals surface area contributed by atoms with Crippen molar-refractivity contribution < 1.29 is 19.4 Å². The van der Waals surface area contributed by atoms with Crippen LogP contribution in [0, 0.1) is 56.7 Å². The Morgan fingerprint density at radius 1 is 0.971 bits per heavy atom. The Bertz CT molecular complexity index is 998. The molecular formula is C30H44O4. The summed E-state index contributed by atoms with van der Waals surface area (Å²) in [5.41, 5.74) is -1.97. The lowest BCUT2D eigenvalue weighted by atomic mass is 9.32. The van der Waals surface area contributed by atoms with Crippen molar-refractivity contribution in [3.8, 4) is 0 Å². The summed E-state index contributed by atoms with van der Waals surface area (Å²) in [5, 5.41) is 11.5. The molecule has 1 N–H and O–H groups in total. The van der Waals surface area contributed by atoms with Gasteiger partial charge in [-0.1, -0.05) is 54.5 Å². The fourth-order valence-corrected chi connectivity index (χ4v) is 11.2. The van der Waals surface area contributed by atoms with Crippen molar-refractivity contribution >= 4 is 11.8 Å². The van der Waals surface area contributed by atoms with E-state index in [2.05, 4.69) is 60.6 Å². The Hall–Kier alpha value is -1.16. The first-order valence-corrected chi connectivity index (χ1v) is 13.9. The summed E-state index contributed by atoms with van der Waals surface area (Å²) in [5.74, 6) is 1.81. The van der Waals surface area contributed by atoms with Gasteiger partial charge in [0, 0.05) is 28.6 Å². The number of hydrogen-bond acceptors (Lipinski definition) is 4. The van der Waals surface area contributed by atoms with Gasteiger partial charge in [0.25, 0.3) is 0 Å². The van der Waals surface area contributed by atoms with Gasteiger partial charge < -0.3 is 9.84 Å². The van der Waals surface area contributed by atoms with E-state index in [4.69, 9.17) is 4.74 Å². The molecule has 0 amide bonds. The van der Waals surface area contributed by atoms with Crippen LogP contribution in [0.3, 0.4) is 0 Å². The Labute approximate surface area is 205 Å². The van der Waals surface area contributed by atoms with Gasteiger partial charge in [0.15, 0.2) is 0 Å². The third-order valence-electron chi connectivity index (χ3n) is 13.7. The van der Waals surface area contributed by atoms with E-state index >= 15 is 0 Å². The summed E-state index contributed by atoms with van der Waals surface area (Å²) >= 11 is 0. The number of Topliss-reactive ketones (excluding diaryl/α,β-unsaturated/α-hetero) is 1. The lowest BCUT2D eigenvalue weighted by Crippen LogP contribution is -2.72. The molecule has 0 aromatic carbocycles. The second-order valence-electron chi connectivity index (χ2n) is 14.6. The van der Waals surface area contributed by atoms with Gasteiger partial charge in [-0.25, -0.2) is 0 Å². The van der Waals surface area contributed by atoms with Crippen molar-refractivity contribution in [3.63, 3.8) is 0 Å². The number of rotatable bonds is 0. The summed E-state index contributed by atoms with van der Waals surface area (Å²) in [6, 6.07) is 0. The predicted octanol–water partition coefficient (Wildman–Crippen LogP) is 5.72. The minimum absolute atomic E-state index is 0.0519. The maximum Gasteiger partial charge on any atom is 0.313 e. The van der Waals surface area contributed by atoms with Gasteiger partial charge in [-0.15, -0.1) is 0 Å². The number of ether oxygens (including phenoxy) is 1. The molecule has 188 valence electrons. The highest BCUT2D eigenvalue weighted by Gasteiger charge is 2.80. The summed E-state index contributed by atoms with van der Waals surface area (Å²) in [6.45, 7) is 16.0. The van der Waals surface area contributed by atoms with Gasteiger partial charge in [-0.05, 0) is 73.7 Å². The average molecular weight is 469 g/mol. The van der Waals surface area contributed by atoms with Crippen molar-refractivity contribution in [3.05, 3.63) is 12.2 Å². The molecule has 1 heterocycles. The Kier molecular flexibility index (Phi) is 4.37. The number of carbonyl (C=O) groups excluding carboxylic acids is 2. The molecule has 2 bridgehead atoms.